The second-order valence-corrected chi connectivity index (χ2v) is 7.24. The van der Waals surface area contributed by atoms with E-state index in [0.29, 0.717) is 18.7 Å². The first kappa shape index (κ1) is 17.8. The number of carboxylic acids is 1. The molecule has 3 rings (SSSR count). The molecule has 0 radical (unpaired) electrons. The van der Waals surface area contributed by atoms with Gasteiger partial charge in [0.05, 0.1) is 18.3 Å². The Morgan fingerprint density at radius 1 is 1.24 bits per heavy atom. The van der Waals surface area contributed by atoms with Gasteiger partial charge in [-0.3, -0.25) is 9.59 Å². The lowest BCUT2D eigenvalue weighted by atomic mass is 10.1. The minimum Gasteiger partial charge on any atom is -0.481 e. The van der Waals surface area contributed by atoms with Crippen molar-refractivity contribution in [2.24, 2.45) is 0 Å². The normalized spacial score (nSPS) is 20.1. The molecule has 0 spiro atoms. The van der Waals surface area contributed by atoms with Crippen LogP contribution in [0.25, 0.3) is 10.8 Å². The summed E-state index contributed by atoms with van der Waals surface area (Å²) in [6.45, 7) is 0.464. The number of carbonyl (C=O) groups excluding carboxylic acids is 1. The Bertz CT molecular complexity index is 779. The van der Waals surface area contributed by atoms with Crippen molar-refractivity contribution < 1.29 is 19.4 Å². The van der Waals surface area contributed by atoms with E-state index < -0.39 is 5.97 Å². The first-order chi connectivity index (χ1) is 12.1. The number of carboxylic acid groups (broad SMARTS) is 1. The second-order valence-electron chi connectivity index (χ2n) is 6.19. The SMILES string of the molecule is COC1CC(CC(=O)O)N(C(=O)CSc2ccc3ccccc3c2)C1. The highest BCUT2D eigenvalue weighted by Crippen LogP contribution is 2.27. The molecule has 1 N–H and O–H groups in total. The van der Waals surface area contributed by atoms with Crippen molar-refractivity contribution in [3.05, 3.63) is 42.5 Å². The summed E-state index contributed by atoms with van der Waals surface area (Å²) in [5, 5.41) is 11.4. The molecule has 2 aromatic carbocycles. The number of thioether (sulfide) groups is 1. The molecule has 2 atom stereocenters. The maximum absolute atomic E-state index is 12.6. The average molecular weight is 359 g/mol. The molecular weight excluding hydrogens is 338 g/mol. The van der Waals surface area contributed by atoms with Crippen molar-refractivity contribution in [2.75, 3.05) is 19.4 Å². The van der Waals surface area contributed by atoms with E-state index in [2.05, 4.69) is 12.1 Å². The number of ether oxygens (including phenoxy) is 1. The summed E-state index contributed by atoms with van der Waals surface area (Å²) in [5.74, 6) is -0.629. The molecule has 1 amide bonds. The Morgan fingerprint density at radius 3 is 2.72 bits per heavy atom. The molecule has 0 saturated carbocycles. The molecule has 2 aromatic rings. The highest BCUT2D eigenvalue weighted by Gasteiger charge is 2.36. The lowest BCUT2D eigenvalue weighted by Crippen LogP contribution is -2.38. The molecule has 5 nitrogen and oxygen atoms in total. The number of hydrogen-bond donors (Lipinski definition) is 1. The van der Waals surface area contributed by atoms with E-state index in [1.807, 2.05) is 30.3 Å². The molecule has 1 saturated heterocycles. The topological polar surface area (TPSA) is 66.8 Å². The maximum atomic E-state index is 12.6. The Hall–Kier alpha value is -2.05. The zero-order valence-corrected chi connectivity index (χ0v) is 14.9. The van der Waals surface area contributed by atoms with Crippen LogP contribution in [0.3, 0.4) is 0 Å². The number of amides is 1. The van der Waals surface area contributed by atoms with Gasteiger partial charge in [0.2, 0.25) is 5.91 Å². The molecule has 25 heavy (non-hydrogen) atoms. The maximum Gasteiger partial charge on any atom is 0.305 e. The third-order valence-corrected chi connectivity index (χ3v) is 5.50. The van der Waals surface area contributed by atoms with Gasteiger partial charge in [0.1, 0.15) is 0 Å². The molecule has 132 valence electrons. The summed E-state index contributed by atoms with van der Waals surface area (Å²) in [7, 11) is 1.60. The van der Waals surface area contributed by atoms with Gasteiger partial charge in [0.25, 0.3) is 0 Å². The van der Waals surface area contributed by atoms with E-state index in [1.165, 1.54) is 17.1 Å². The number of fused-ring (bicyclic) bond motifs is 1. The van der Waals surface area contributed by atoms with Crippen LogP contribution in [0.4, 0.5) is 0 Å². The van der Waals surface area contributed by atoms with Crippen LogP contribution in [0.2, 0.25) is 0 Å². The van der Waals surface area contributed by atoms with Crippen LogP contribution >= 0.6 is 11.8 Å². The summed E-state index contributed by atoms with van der Waals surface area (Å²) < 4.78 is 5.32. The summed E-state index contributed by atoms with van der Waals surface area (Å²) >= 11 is 1.48. The molecule has 1 aliphatic heterocycles. The number of carbonyl (C=O) groups is 2. The highest BCUT2D eigenvalue weighted by atomic mass is 32.2. The van der Waals surface area contributed by atoms with Crippen LogP contribution in [0, 0.1) is 0 Å². The van der Waals surface area contributed by atoms with E-state index in [4.69, 9.17) is 9.84 Å². The summed E-state index contributed by atoms with van der Waals surface area (Å²) in [5.41, 5.74) is 0. The fourth-order valence-corrected chi connectivity index (χ4v) is 4.06. The van der Waals surface area contributed by atoms with Gasteiger partial charge < -0.3 is 14.7 Å². The zero-order valence-electron chi connectivity index (χ0n) is 14.1. The minimum absolute atomic E-state index is 0.0355. The second kappa shape index (κ2) is 7.89. The van der Waals surface area contributed by atoms with Gasteiger partial charge in [-0.1, -0.05) is 30.3 Å². The minimum atomic E-state index is -0.887. The Balaban J connectivity index is 1.64. The highest BCUT2D eigenvalue weighted by molar-refractivity contribution is 8.00. The van der Waals surface area contributed by atoms with E-state index in [9.17, 15) is 9.59 Å². The van der Waals surface area contributed by atoms with Crippen molar-refractivity contribution >= 4 is 34.4 Å². The average Bonchev–Trinajstić information content (AvgIpc) is 3.01. The third-order valence-electron chi connectivity index (χ3n) is 4.52. The van der Waals surface area contributed by atoms with Crippen LogP contribution in [-0.4, -0.2) is 53.4 Å². The van der Waals surface area contributed by atoms with Crippen LogP contribution in [0.1, 0.15) is 12.8 Å². The summed E-state index contributed by atoms with van der Waals surface area (Å²) in [4.78, 5) is 26.3. The van der Waals surface area contributed by atoms with E-state index in [0.717, 1.165) is 10.3 Å². The van der Waals surface area contributed by atoms with Gasteiger partial charge in [-0.15, -0.1) is 11.8 Å². The fraction of sp³-hybridized carbons (Fsp3) is 0.368. The van der Waals surface area contributed by atoms with Gasteiger partial charge in [-0.25, -0.2) is 0 Å². The number of methoxy groups -OCH3 is 1. The van der Waals surface area contributed by atoms with E-state index in [1.54, 1.807) is 12.0 Å². The van der Waals surface area contributed by atoms with Crippen LogP contribution in [0.15, 0.2) is 47.4 Å². The van der Waals surface area contributed by atoms with Crippen LogP contribution in [0.5, 0.6) is 0 Å². The molecule has 1 fully saturated rings. The van der Waals surface area contributed by atoms with Crippen molar-refractivity contribution in [1.29, 1.82) is 0 Å². The Labute approximate surface area is 151 Å². The molecule has 0 aromatic heterocycles. The molecule has 0 bridgehead atoms. The summed E-state index contributed by atoms with van der Waals surface area (Å²) in [6.07, 6.45) is 0.459. The fourth-order valence-electron chi connectivity index (χ4n) is 3.23. The number of rotatable bonds is 6. The first-order valence-corrected chi connectivity index (χ1v) is 9.21. The molecule has 1 heterocycles. The molecular formula is C19H21NO4S. The van der Waals surface area contributed by atoms with Gasteiger partial charge in [0, 0.05) is 24.6 Å². The Morgan fingerprint density at radius 2 is 2.00 bits per heavy atom. The predicted molar refractivity (Wildman–Crippen MR) is 97.8 cm³/mol. The molecule has 6 heteroatoms. The molecule has 2 unspecified atom stereocenters. The number of nitrogens with zero attached hydrogens (tertiary/aromatic N) is 1. The van der Waals surface area contributed by atoms with Crippen LogP contribution < -0.4 is 0 Å². The first-order valence-electron chi connectivity index (χ1n) is 8.22. The van der Waals surface area contributed by atoms with Crippen molar-refractivity contribution in [2.45, 2.75) is 29.9 Å². The van der Waals surface area contributed by atoms with Crippen molar-refractivity contribution in [3.63, 3.8) is 0 Å². The van der Waals surface area contributed by atoms with Crippen molar-refractivity contribution in [1.82, 2.24) is 4.90 Å². The lowest BCUT2D eigenvalue weighted by Gasteiger charge is -2.23. The molecule has 0 aliphatic carbocycles. The number of aliphatic carboxylic acids is 1. The largest absolute Gasteiger partial charge is 0.481 e. The van der Waals surface area contributed by atoms with E-state index in [-0.39, 0.29) is 24.5 Å². The van der Waals surface area contributed by atoms with Crippen LogP contribution in [-0.2, 0) is 14.3 Å². The lowest BCUT2D eigenvalue weighted by molar-refractivity contribution is -0.139. The predicted octanol–water partition coefficient (Wildman–Crippen LogP) is 3.02. The summed E-state index contributed by atoms with van der Waals surface area (Å²) in [6, 6.07) is 13.9. The standard InChI is InChI=1S/C19H21NO4S/c1-24-16-9-15(10-19(22)23)20(11-16)18(21)12-25-17-7-6-13-4-2-3-5-14(13)8-17/h2-8,15-16H,9-12H2,1H3,(H,22,23). The molecule has 1 aliphatic rings. The smallest absolute Gasteiger partial charge is 0.305 e. The quantitative estimate of drug-likeness (QED) is 0.803. The van der Waals surface area contributed by atoms with Gasteiger partial charge in [0.15, 0.2) is 0 Å². The van der Waals surface area contributed by atoms with Crippen molar-refractivity contribution in [3.8, 4) is 0 Å². The Kier molecular flexibility index (Phi) is 5.60. The van der Waals surface area contributed by atoms with E-state index >= 15 is 0 Å². The monoisotopic (exact) mass is 359 g/mol. The third kappa shape index (κ3) is 4.32. The van der Waals surface area contributed by atoms with Gasteiger partial charge in [-0.05, 0) is 29.3 Å². The number of likely N-dealkylation sites (tertiary alicyclic amines) is 1. The zero-order chi connectivity index (χ0) is 17.8. The number of hydrogen-bond acceptors (Lipinski definition) is 4. The number of benzene rings is 2. The van der Waals surface area contributed by atoms with Gasteiger partial charge >= 0.3 is 5.97 Å². The van der Waals surface area contributed by atoms with Gasteiger partial charge in [-0.2, -0.15) is 0 Å².